The molecule has 0 amide bonds. The highest BCUT2D eigenvalue weighted by Crippen LogP contribution is 2.28. The second kappa shape index (κ2) is 4.83. The van der Waals surface area contributed by atoms with Gasteiger partial charge in [0.1, 0.15) is 5.69 Å². The Bertz CT molecular complexity index is 1100. The van der Waals surface area contributed by atoms with Crippen LogP contribution in [0.25, 0.3) is 32.9 Å². The minimum Gasteiger partial charge on any atom is -0.165 e. The summed E-state index contributed by atoms with van der Waals surface area (Å²) in [5.41, 5.74) is 5.88. The molecule has 23 heavy (non-hydrogen) atoms. The first-order chi connectivity index (χ1) is 11.4. The van der Waals surface area contributed by atoms with Crippen molar-refractivity contribution in [1.29, 1.82) is 0 Å². The molecule has 0 fully saturated rings. The van der Waals surface area contributed by atoms with E-state index in [9.17, 15) is 0 Å². The average molecular weight is 316 g/mol. The molecule has 0 unspecified atom stereocenters. The third-order valence-corrected chi connectivity index (χ3v) is 5.02. The second-order valence-corrected chi connectivity index (χ2v) is 6.46. The molecule has 3 aromatic heterocycles. The summed E-state index contributed by atoms with van der Waals surface area (Å²) < 4.78 is 4.39. The van der Waals surface area contributed by atoms with Gasteiger partial charge in [-0.3, -0.25) is 0 Å². The lowest BCUT2D eigenvalue weighted by Gasteiger charge is -1.94. The van der Waals surface area contributed by atoms with Crippen LogP contribution >= 0.6 is 11.3 Å². The molecule has 2 aromatic carbocycles. The molecule has 0 aliphatic carbocycles. The van der Waals surface area contributed by atoms with E-state index in [0.717, 1.165) is 5.52 Å². The van der Waals surface area contributed by atoms with Crippen molar-refractivity contribution in [2.75, 3.05) is 0 Å². The quantitative estimate of drug-likeness (QED) is 0.467. The maximum absolute atomic E-state index is 3.51. The Balaban J connectivity index is 1.94. The molecule has 3 nitrogen and oxygen atoms in total. The Hall–Kier alpha value is -2.85. The van der Waals surface area contributed by atoms with E-state index in [1.807, 2.05) is 0 Å². The Morgan fingerprint density at radius 2 is 1.70 bits per heavy atom. The summed E-state index contributed by atoms with van der Waals surface area (Å²) >= 11 is 1.76. The van der Waals surface area contributed by atoms with Crippen molar-refractivity contribution in [2.24, 2.45) is 0 Å². The van der Waals surface area contributed by atoms with E-state index >= 15 is 0 Å². The molecular weight excluding hydrogens is 302 g/mol. The lowest BCUT2D eigenvalue weighted by atomic mass is 10.1. The van der Waals surface area contributed by atoms with Crippen LogP contribution < -0.4 is 4.52 Å². The fraction of sp³-hybridized carbons (Fsp3) is 0. The molecule has 0 bridgehead atoms. The number of nitrogens with one attached hydrogen (secondary N) is 1. The van der Waals surface area contributed by atoms with Gasteiger partial charge in [0, 0.05) is 11.6 Å². The topological polar surface area (TPSA) is 24.3 Å². The van der Waals surface area contributed by atoms with E-state index in [1.165, 1.54) is 27.3 Å². The van der Waals surface area contributed by atoms with Gasteiger partial charge < -0.3 is 0 Å². The number of aromatic amines is 1. The van der Waals surface area contributed by atoms with E-state index in [1.54, 1.807) is 11.3 Å². The Labute approximate surface area is 137 Å². The van der Waals surface area contributed by atoms with Gasteiger partial charge in [-0.05, 0) is 28.2 Å². The number of rotatable bonds is 2. The van der Waals surface area contributed by atoms with E-state index in [-0.39, 0.29) is 0 Å². The molecule has 4 heteroatoms. The Morgan fingerprint density at radius 1 is 0.870 bits per heavy atom. The van der Waals surface area contributed by atoms with Gasteiger partial charge in [-0.15, -0.1) is 15.9 Å². The van der Waals surface area contributed by atoms with Crippen LogP contribution in [0.5, 0.6) is 0 Å². The summed E-state index contributed by atoms with van der Waals surface area (Å²) in [6.45, 7) is 0. The summed E-state index contributed by atoms with van der Waals surface area (Å²) in [4.78, 5) is 1.25. The first kappa shape index (κ1) is 12.7. The third-order valence-electron chi connectivity index (χ3n) is 4.13. The van der Waals surface area contributed by atoms with Crippen LogP contribution in [0, 0.1) is 0 Å². The number of fused-ring (bicyclic) bond motifs is 3. The van der Waals surface area contributed by atoms with Crippen LogP contribution in [-0.4, -0.2) is 9.73 Å². The number of hydrogen-bond donors (Lipinski definition) is 1. The zero-order chi connectivity index (χ0) is 15.2. The largest absolute Gasteiger partial charge is 0.202 e. The summed E-state index contributed by atoms with van der Waals surface area (Å²) in [5, 5.41) is 5.63. The molecule has 5 rings (SSSR count). The van der Waals surface area contributed by atoms with Crippen molar-refractivity contribution in [3.05, 3.63) is 78.2 Å². The predicted octanol–water partition coefficient (Wildman–Crippen LogP) is 4.40. The van der Waals surface area contributed by atoms with Gasteiger partial charge in [0.2, 0.25) is 5.52 Å². The van der Waals surface area contributed by atoms with E-state index in [4.69, 9.17) is 0 Å². The number of thiophene rings is 1. The van der Waals surface area contributed by atoms with E-state index < -0.39 is 0 Å². The van der Waals surface area contributed by atoms with Crippen LogP contribution in [0.4, 0.5) is 0 Å². The smallest absolute Gasteiger partial charge is 0.165 e. The predicted molar refractivity (Wildman–Crippen MR) is 93.7 cm³/mol. The number of hydrogen-bond acceptors (Lipinski definition) is 1. The molecule has 3 heterocycles. The van der Waals surface area contributed by atoms with Gasteiger partial charge in [-0.2, -0.15) is 5.10 Å². The third kappa shape index (κ3) is 1.85. The second-order valence-electron chi connectivity index (χ2n) is 5.51. The van der Waals surface area contributed by atoms with E-state index in [2.05, 4.69) is 92.4 Å². The summed E-state index contributed by atoms with van der Waals surface area (Å²) in [6.07, 6.45) is 0. The van der Waals surface area contributed by atoms with Crippen molar-refractivity contribution >= 4 is 22.4 Å². The van der Waals surface area contributed by atoms with Gasteiger partial charge in [0.15, 0.2) is 11.2 Å². The molecule has 5 aromatic rings. The van der Waals surface area contributed by atoms with Gasteiger partial charge >= 0.3 is 0 Å². The standard InChI is InChI=1S/C19H14N3S/c1-2-7-14(8-3-1)17-13-18(19-11-6-12-23-19)22-20-15-9-4-5-10-16(15)21(17)22/h1-13,20H/q+1. The van der Waals surface area contributed by atoms with Gasteiger partial charge in [-0.25, -0.2) is 0 Å². The molecule has 0 atom stereocenters. The Morgan fingerprint density at radius 3 is 2.52 bits per heavy atom. The summed E-state index contributed by atoms with van der Waals surface area (Å²) in [7, 11) is 0. The van der Waals surface area contributed by atoms with Crippen molar-refractivity contribution < 1.29 is 4.52 Å². The molecule has 0 aliphatic rings. The van der Waals surface area contributed by atoms with Gasteiger partial charge in [-0.1, -0.05) is 48.5 Å². The molecule has 0 saturated carbocycles. The molecule has 0 aliphatic heterocycles. The van der Waals surface area contributed by atoms with Crippen molar-refractivity contribution in [1.82, 2.24) is 9.73 Å². The van der Waals surface area contributed by atoms with Crippen LogP contribution in [0.3, 0.4) is 0 Å². The summed E-state index contributed by atoms with van der Waals surface area (Å²) in [5.74, 6) is 0. The Kier molecular flexibility index (Phi) is 2.66. The number of para-hydroxylation sites is 2. The van der Waals surface area contributed by atoms with Crippen molar-refractivity contribution in [3.8, 4) is 21.8 Å². The first-order valence-electron chi connectivity index (χ1n) is 7.55. The lowest BCUT2D eigenvalue weighted by Crippen LogP contribution is -2.28. The highest BCUT2D eigenvalue weighted by atomic mass is 32.1. The summed E-state index contributed by atoms with van der Waals surface area (Å²) in [6, 6.07) is 25.4. The fourth-order valence-electron chi connectivity index (χ4n) is 3.10. The number of nitrogens with zero attached hydrogens (tertiary/aromatic N) is 2. The SMILES string of the molecule is c1ccc(-c2cc(-c3cccs3)n3[nH]c4ccccc4[n+]23)cc1. The molecule has 0 spiro atoms. The molecule has 1 N–H and O–H groups in total. The maximum atomic E-state index is 3.51. The van der Waals surface area contributed by atoms with Gasteiger partial charge in [0.05, 0.1) is 4.88 Å². The highest BCUT2D eigenvalue weighted by molar-refractivity contribution is 7.13. The normalized spacial score (nSPS) is 11.5. The average Bonchev–Trinajstić information content (AvgIpc) is 3.31. The van der Waals surface area contributed by atoms with Crippen molar-refractivity contribution in [2.45, 2.75) is 0 Å². The fourth-order valence-corrected chi connectivity index (χ4v) is 3.82. The number of benzene rings is 2. The maximum Gasteiger partial charge on any atom is 0.202 e. The van der Waals surface area contributed by atoms with E-state index in [0.29, 0.717) is 0 Å². The van der Waals surface area contributed by atoms with Crippen LogP contribution in [0.2, 0.25) is 0 Å². The minimum absolute atomic E-state index is 1.13. The lowest BCUT2D eigenvalue weighted by molar-refractivity contribution is -0.580. The number of H-pyrrole nitrogens is 1. The van der Waals surface area contributed by atoms with Crippen LogP contribution in [-0.2, 0) is 0 Å². The molecule has 0 saturated heterocycles. The number of aromatic nitrogens is 3. The van der Waals surface area contributed by atoms with Gasteiger partial charge in [0.25, 0.3) is 0 Å². The molecule has 110 valence electrons. The van der Waals surface area contributed by atoms with Crippen LogP contribution in [0.1, 0.15) is 0 Å². The highest BCUT2D eigenvalue weighted by Gasteiger charge is 2.22. The van der Waals surface area contributed by atoms with Crippen molar-refractivity contribution in [3.63, 3.8) is 0 Å². The molecule has 0 radical (unpaired) electrons. The first-order valence-corrected chi connectivity index (χ1v) is 8.43. The zero-order valence-corrected chi connectivity index (χ0v) is 13.1. The zero-order valence-electron chi connectivity index (χ0n) is 12.3. The minimum atomic E-state index is 1.13. The monoisotopic (exact) mass is 316 g/mol. The van der Waals surface area contributed by atoms with Crippen LogP contribution in [0.15, 0.2) is 78.2 Å². The molecular formula is C19H14N3S+.